The molecule has 7 rings (SSSR count). The Morgan fingerprint density at radius 2 is 1.88 bits per heavy atom. The van der Waals surface area contributed by atoms with Crippen LogP contribution in [0, 0.1) is 0 Å². The van der Waals surface area contributed by atoms with Crippen LogP contribution < -0.4 is 5.73 Å². The SMILES string of the molecule is C/C=C\C(=C/CC)c1ccc2nc(-c3cccnc3N)n(-c3ccc(CN4CC5CC4CN5C(=O)c4ccc(C=O)c(O)c4)cc3)c2n1. The van der Waals surface area contributed by atoms with E-state index in [0.29, 0.717) is 30.0 Å². The number of piperazine rings is 1. The second-order valence-electron chi connectivity index (χ2n) is 12.3. The van der Waals surface area contributed by atoms with Gasteiger partial charge >= 0.3 is 0 Å². The van der Waals surface area contributed by atoms with Gasteiger partial charge in [-0.05, 0) is 85.5 Å². The van der Waals surface area contributed by atoms with E-state index in [-0.39, 0.29) is 29.3 Å². The van der Waals surface area contributed by atoms with Crippen molar-refractivity contribution < 1.29 is 14.7 Å². The van der Waals surface area contributed by atoms with Gasteiger partial charge in [0.2, 0.25) is 0 Å². The van der Waals surface area contributed by atoms with E-state index in [4.69, 9.17) is 15.7 Å². The number of fused-ring (bicyclic) bond motifs is 3. The Kier molecular flexibility index (Phi) is 8.33. The van der Waals surface area contributed by atoms with Gasteiger partial charge in [0.25, 0.3) is 5.91 Å². The Morgan fingerprint density at radius 3 is 2.56 bits per heavy atom. The minimum Gasteiger partial charge on any atom is -0.507 e. The summed E-state index contributed by atoms with van der Waals surface area (Å²) in [6, 6.07) is 21.1. The van der Waals surface area contributed by atoms with Gasteiger partial charge in [0.05, 0.1) is 16.8 Å². The number of hydrogen-bond donors (Lipinski definition) is 2. The third-order valence-corrected chi connectivity index (χ3v) is 9.25. The Morgan fingerprint density at radius 1 is 1.04 bits per heavy atom. The number of carbonyl (C=O) groups is 2. The van der Waals surface area contributed by atoms with Crippen molar-refractivity contribution in [1.82, 2.24) is 29.3 Å². The first-order chi connectivity index (χ1) is 23.4. The molecule has 5 aromatic rings. The van der Waals surface area contributed by atoms with Crippen molar-refractivity contribution in [2.45, 2.75) is 45.3 Å². The zero-order chi connectivity index (χ0) is 33.4. The average molecular weight is 640 g/mol. The van der Waals surface area contributed by atoms with Crippen LogP contribution in [0.3, 0.4) is 0 Å². The molecule has 10 heteroatoms. The number of amides is 1. The minimum absolute atomic E-state index is 0.106. The maximum atomic E-state index is 13.2. The van der Waals surface area contributed by atoms with Crippen molar-refractivity contribution in [3.8, 4) is 22.8 Å². The van der Waals surface area contributed by atoms with Crippen LogP contribution in [0.2, 0.25) is 0 Å². The molecule has 2 aliphatic rings. The van der Waals surface area contributed by atoms with Gasteiger partial charge in [0.1, 0.15) is 17.1 Å². The first-order valence-corrected chi connectivity index (χ1v) is 16.2. The third kappa shape index (κ3) is 5.64. The molecule has 1 amide bonds. The summed E-state index contributed by atoms with van der Waals surface area (Å²) >= 11 is 0. The van der Waals surface area contributed by atoms with E-state index in [1.807, 2.05) is 42.2 Å². The summed E-state index contributed by atoms with van der Waals surface area (Å²) in [5.74, 6) is 0.790. The van der Waals surface area contributed by atoms with Crippen LogP contribution >= 0.6 is 0 Å². The Bertz CT molecular complexity index is 2080. The molecule has 0 spiro atoms. The van der Waals surface area contributed by atoms with E-state index >= 15 is 0 Å². The molecule has 0 radical (unpaired) electrons. The molecule has 2 saturated heterocycles. The van der Waals surface area contributed by atoms with Crippen molar-refractivity contribution in [2.75, 3.05) is 18.8 Å². The third-order valence-electron chi connectivity index (χ3n) is 9.25. The number of phenols is 1. The highest BCUT2D eigenvalue weighted by Gasteiger charge is 2.45. The molecule has 242 valence electrons. The van der Waals surface area contributed by atoms with E-state index < -0.39 is 0 Å². The molecule has 2 fully saturated rings. The maximum absolute atomic E-state index is 13.2. The van der Waals surface area contributed by atoms with Gasteiger partial charge in [0, 0.05) is 49.2 Å². The normalized spacial score (nSPS) is 18.0. The van der Waals surface area contributed by atoms with Crippen LogP contribution in [-0.2, 0) is 6.54 Å². The highest BCUT2D eigenvalue weighted by molar-refractivity contribution is 5.96. The van der Waals surface area contributed by atoms with E-state index in [1.54, 1.807) is 12.3 Å². The molecular formula is C38H37N7O3. The number of aromatic hydroxyl groups is 1. The zero-order valence-electron chi connectivity index (χ0n) is 27.0. The number of nitrogen functional groups attached to an aromatic ring is 1. The molecular weight excluding hydrogens is 602 g/mol. The van der Waals surface area contributed by atoms with Crippen molar-refractivity contribution >= 4 is 34.7 Å². The molecule has 2 aliphatic heterocycles. The summed E-state index contributed by atoms with van der Waals surface area (Å²) in [5, 5.41) is 10.1. The van der Waals surface area contributed by atoms with Crippen LogP contribution in [0.25, 0.3) is 33.8 Å². The van der Waals surface area contributed by atoms with Crippen LogP contribution in [0.15, 0.2) is 91.2 Å². The van der Waals surface area contributed by atoms with Gasteiger partial charge in [-0.3, -0.25) is 19.1 Å². The number of phenolic OH excluding ortho intramolecular Hbond substituents is 1. The number of carbonyl (C=O) groups excluding carboxylic acids is 2. The molecule has 2 atom stereocenters. The fourth-order valence-electron chi connectivity index (χ4n) is 6.93. The maximum Gasteiger partial charge on any atom is 0.254 e. The second kappa shape index (κ2) is 12.9. The highest BCUT2D eigenvalue weighted by Crippen LogP contribution is 2.35. The lowest BCUT2D eigenvalue weighted by atomic mass is 10.1. The number of anilines is 1. The second-order valence-corrected chi connectivity index (χ2v) is 12.3. The molecule has 2 unspecified atom stereocenters. The number of likely N-dealkylation sites (tertiary alicyclic amines) is 2. The largest absolute Gasteiger partial charge is 0.507 e. The number of nitrogens with zero attached hydrogens (tertiary/aromatic N) is 6. The van der Waals surface area contributed by atoms with Gasteiger partial charge in [-0.1, -0.05) is 37.3 Å². The monoisotopic (exact) mass is 639 g/mol. The zero-order valence-corrected chi connectivity index (χ0v) is 27.0. The van der Waals surface area contributed by atoms with Crippen LogP contribution in [-0.4, -0.2) is 71.8 Å². The summed E-state index contributed by atoms with van der Waals surface area (Å²) in [7, 11) is 0. The average Bonchev–Trinajstić information content (AvgIpc) is 3.81. The van der Waals surface area contributed by atoms with Gasteiger partial charge in [-0.15, -0.1) is 0 Å². The number of nitrogens with two attached hydrogens (primary N) is 1. The first-order valence-electron chi connectivity index (χ1n) is 16.2. The molecule has 10 nitrogen and oxygen atoms in total. The van der Waals surface area contributed by atoms with Crippen LogP contribution in [0.4, 0.5) is 5.82 Å². The predicted molar refractivity (Wildman–Crippen MR) is 187 cm³/mol. The van der Waals surface area contributed by atoms with Crippen LogP contribution in [0.5, 0.6) is 5.75 Å². The lowest BCUT2D eigenvalue weighted by molar-refractivity contribution is 0.0615. The molecule has 5 heterocycles. The molecule has 2 bridgehead atoms. The highest BCUT2D eigenvalue weighted by atomic mass is 16.3. The van der Waals surface area contributed by atoms with Crippen molar-refractivity contribution in [3.63, 3.8) is 0 Å². The van der Waals surface area contributed by atoms with E-state index in [0.717, 1.165) is 59.6 Å². The van der Waals surface area contributed by atoms with Crippen LogP contribution in [0.1, 0.15) is 58.7 Å². The molecule has 3 aromatic heterocycles. The number of imidazole rings is 1. The number of rotatable bonds is 9. The Labute approximate surface area is 278 Å². The number of pyridine rings is 2. The summed E-state index contributed by atoms with van der Waals surface area (Å²) < 4.78 is 2.05. The van der Waals surface area contributed by atoms with E-state index in [9.17, 15) is 14.7 Å². The quantitative estimate of drug-likeness (QED) is 0.147. The number of benzene rings is 2. The topological polar surface area (TPSA) is 130 Å². The van der Waals surface area contributed by atoms with Gasteiger partial charge in [-0.2, -0.15) is 0 Å². The van der Waals surface area contributed by atoms with Gasteiger partial charge in [-0.25, -0.2) is 15.0 Å². The molecule has 48 heavy (non-hydrogen) atoms. The predicted octanol–water partition coefficient (Wildman–Crippen LogP) is 6.05. The minimum atomic E-state index is -0.173. The summed E-state index contributed by atoms with van der Waals surface area (Å²) in [6.45, 7) is 6.29. The Balaban J connectivity index is 1.14. The standard InChI is InChI=1S/C38H37N7O3/c1-3-6-25(7-4-2)32-15-16-33-37(41-32)45(36(42-33)31-8-5-17-40-35(31)39)28-13-9-24(10-14-28)20-43-21-30-19-29(43)22-44(30)38(48)26-11-12-27(23-46)34(47)18-26/h3,5-18,23,29-30,47H,4,19-22H2,1-2H3,(H2,39,40)/b6-3-,25-7+. The summed E-state index contributed by atoms with van der Waals surface area (Å²) in [5.41, 5.74) is 13.2. The number of aromatic nitrogens is 4. The van der Waals surface area contributed by atoms with E-state index in [2.05, 4.69) is 57.8 Å². The van der Waals surface area contributed by atoms with Gasteiger partial charge < -0.3 is 15.7 Å². The fraction of sp³-hybridized carbons (Fsp3) is 0.237. The molecule has 3 N–H and O–H groups in total. The lowest BCUT2D eigenvalue weighted by Gasteiger charge is -2.34. The summed E-state index contributed by atoms with van der Waals surface area (Å²) in [4.78, 5) is 43.0. The molecule has 0 aliphatic carbocycles. The smallest absolute Gasteiger partial charge is 0.254 e. The van der Waals surface area contributed by atoms with Crippen molar-refractivity contribution in [1.29, 1.82) is 0 Å². The first kappa shape index (κ1) is 31.0. The van der Waals surface area contributed by atoms with Crippen molar-refractivity contribution in [3.05, 3.63) is 114 Å². The number of aldehydes is 1. The number of allylic oxidation sites excluding steroid dienone is 4. The van der Waals surface area contributed by atoms with E-state index in [1.165, 1.54) is 17.7 Å². The summed E-state index contributed by atoms with van der Waals surface area (Å²) in [6.07, 6.45) is 10.3. The Hall–Kier alpha value is -5.61. The fourth-order valence-corrected chi connectivity index (χ4v) is 6.93. The molecule has 0 saturated carbocycles. The van der Waals surface area contributed by atoms with Gasteiger partial charge in [0.15, 0.2) is 17.8 Å². The molecule has 2 aromatic carbocycles. The number of hydrogen-bond acceptors (Lipinski definition) is 8. The van der Waals surface area contributed by atoms with Crippen molar-refractivity contribution in [2.24, 2.45) is 0 Å². The lowest BCUT2D eigenvalue weighted by Crippen LogP contribution is -2.48.